The maximum absolute atomic E-state index is 10.7. The minimum absolute atomic E-state index is 0.0248. The Bertz CT molecular complexity index is 293. The lowest BCUT2D eigenvalue weighted by atomic mass is 9.93. The summed E-state index contributed by atoms with van der Waals surface area (Å²) in [6, 6.07) is 0.0248. The van der Waals surface area contributed by atoms with Gasteiger partial charge in [0.25, 0.3) is 0 Å². The second-order valence-electron chi connectivity index (χ2n) is 4.95. The van der Waals surface area contributed by atoms with Crippen molar-refractivity contribution in [2.24, 2.45) is 0 Å². The molecule has 0 amide bonds. The van der Waals surface area contributed by atoms with E-state index in [9.17, 15) is 19.8 Å². The van der Waals surface area contributed by atoms with Crippen LogP contribution in [0.25, 0.3) is 0 Å². The Morgan fingerprint density at radius 3 is 1.74 bits per heavy atom. The van der Waals surface area contributed by atoms with E-state index in [1.54, 1.807) is 4.90 Å². The van der Waals surface area contributed by atoms with Crippen LogP contribution in [0.4, 0.5) is 0 Å². The summed E-state index contributed by atoms with van der Waals surface area (Å²) in [5, 5.41) is 36.3. The fraction of sp³-hybridized carbons (Fsp3) is 0.833. The Kier molecular flexibility index (Phi) is 6.20. The highest BCUT2D eigenvalue weighted by molar-refractivity contribution is 5.73. The Balaban J connectivity index is 2.65. The molecule has 4 N–H and O–H groups in total. The Morgan fingerprint density at radius 1 is 0.947 bits per heavy atom. The van der Waals surface area contributed by atoms with E-state index in [1.807, 2.05) is 0 Å². The summed E-state index contributed by atoms with van der Waals surface area (Å²) < 4.78 is 0. The number of aliphatic hydroxyl groups excluding tert-OH is 2. The molecule has 1 aliphatic carbocycles. The van der Waals surface area contributed by atoms with Crippen molar-refractivity contribution in [2.45, 2.75) is 50.4 Å². The number of carbonyl (C=O) groups is 2. The van der Waals surface area contributed by atoms with Gasteiger partial charge in [-0.25, -0.2) is 9.59 Å². The van der Waals surface area contributed by atoms with Gasteiger partial charge >= 0.3 is 11.9 Å². The Morgan fingerprint density at radius 2 is 1.37 bits per heavy atom. The van der Waals surface area contributed by atoms with Crippen LogP contribution < -0.4 is 0 Å². The molecular formula is C12H21NO6. The molecule has 0 aromatic heterocycles. The number of nitrogens with zero attached hydrogens (tertiary/aromatic N) is 1. The third-order valence-electron chi connectivity index (χ3n) is 3.48. The van der Waals surface area contributed by atoms with E-state index in [0.29, 0.717) is 0 Å². The fourth-order valence-electron chi connectivity index (χ4n) is 2.42. The van der Waals surface area contributed by atoms with Crippen molar-refractivity contribution in [2.75, 3.05) is 13.1 Å². The van der Waals surface area contributed by atoms with Crippen molar-refractivity contribution >= 4 is 11.9 Å². The van der Waals surface area contributed by atoms with Crippen LogP contribution in [-0.2, 0) is 9.59 Å². The number of carboxylic acid groups (broad SMARTS) is 2. The van der Waals surface area contributed by atoms with E-state index >= 15 is 0 Å². The lowest BCUT2D eigenvalue weighted by molar-refractivity contribution is -0.150. The zero-order chi connectivity index (χ0) is 14.4. The van der Waals surface area contributed by atoms with Gasteiger partial charge in [-0.2, -0.15) is 0 Å². The standard InChI is InChI=1S/C12H21NO6/c14-9(11(16)17)6-13(7-10(15)12(18)19)8-4-2-1-3-5-8/h8-10,14-15H,1-7H2,(H,16,17)(H,18,19). The molecule has 2 atom stereocenters. The summed E-state index contributed by atoms with van der Waals surface area (Å²) in [5.41, 5.74) is 0. The van der Waals surface area contributed by atoms with Crippen LogP contribution in [0.15, 0.2) is 0 Å². The van der Waals surface area contributed by atoms with Gasteiger partial charge in [-0.15, -0.1) is 0 Å². The van der Waals surface area contributed by atoms with Gasteiger partial charge in [0.1, 0.15) is 0 Å². The van der Waals surface area contributed by atoms with E-state index in [1.165, 1.54) is 0 Å². The van der Waals surface area contributed by atoms with Crippen molar-refractivity contribution in [1.82, 2.24) is 4.90 Å². The van der Waals surface area contributed by atoms with Crippen LogP contribution >= 0.6 is 0 Å². The molecule has 7 heteroatoms. The van der Waals surface area contributed by atoms with Crippen molar-refractivity contribution in [3.05, 3.63) is 0 Å². The first-order valence-electron chi connectivity index (χ1n) is 6.47. The van der Waals surface area contributed by atoms with Crippen molar-refractivity contribution in [3.63, 3.8) is 0 Å². The van der Waals surface area contributed by atoms with Gasteiger partial charge in [-0.1, -0.05) is 19.3 Å². The zero-order valence-corrected chi connectivity index (χ0v) is 10.7. The normalized spacial score (nSPS) is 20.2. The van der Waals surface area contributed by atoms with Gasteiger partial charge in [0.2, 0.25) is 0 Å². The van der Waals surface area contributed by atoms with Crippen LogP contribution in [0, 0.1) is 0 Å². The van der Waals surface area contributed by atoms with Gasteiger partial charge in [0.05, 0.1) is 0 Å². The Labute approximate surface area is 111 Å². The van der Waals surface area contributed by atoms with E-state index in [4.69, 9.17) is 10.2 Å². The molecule has 7 nitrogen and oxygen atoms in total. The summed E-state index contributed by atoms with van der Waals surface area (Å²) >= 11 is 0. The lowest BCUT2D eigenvalue weighted by Gasteiger charge is -2.35. The van der Waals surface area contributed by atoms with Crippen molar-refractivity contribution < 1.29 is 30.0 Å². The molecule has 1 rings (SSSR count). The second kappa shape index (κ2) is 7.42. The minimum atomic E-state index is -1.57. The molecule has 19 heavy (non-hydrogen) atoms. The summed E-state index contributed by atoms with van der Waals surface area (Å²) in [4.78, 5) is 22.9. The predicted octanol–water partition coefficient (Wildman–Crippen LogP) is -0.488. The van der Waals surface area contributed by atoms with E-state index in [-0.39, 0.29) is 19.1 Å². The molecule has 0 heterocycles. The molecular weight excluding hydrogens is 254 g/mol. The molecule has 0 saturated heterocycles. The fourth-order valence-corrected chi connectivity index (χ4v) is 2.42. The van der Waals surface area contributed by atoms with Crippen LogP contribution in [0.2, 0.25) is 0 Å². The summed E-state index contributed by atoms with van der Waals surface area (Å²) in [6.45, 7) is -0.325. The van der Waals surface area contributed by atoms with Crippen molar-refractivity contribution in [1.29, 1.82) is 0 Å². The van der Waals surface area contributed by atoms with Gasteiger partial charge in [0.15, 0.2) is 12.2 Å². The van der Waals surface area contributed by atoms with Gasteiger partial charge in [-0.3, -0.25) is 4.90 Å². The highest BCUT2D eigenvalue weighted by atomic mass is 16.4. The molecule has 0 aromatic rings. The van der Waals surface area contributed by atoms with Gasteiger partial charge in [0, 0.05) is 19.1 Å². The summed E-state index contributed by atoms with van der Waals surface area (Å²) in [6.07, 6.45) is 1.62. The zero-order valence-electron chi connectivity index (χ0n) is 10.7. The van der Waals surface area contributed by atoms with E-state index in [0.717, 1.165) is 32.1 Å². The summed E-state index contributed by atoms with van der Waals surface area (Å²) in [5.74, 6) is -2.68. The molecule has 0 bridgehead atoms. The molecule has 2 unspecified atom stereocenters. The average Bonchev–Trinajstić information content (AvgIpc) is 2.38. The highest BCUT2D eigenvalue weighted by Gasteiger charge is 2.29. The molecule has 0 aromatic carbocycles. The SMILES string of the molecule is O=C(O)C(O)CN(CC(O)C(=O)O)C1CCCCC1. The lowest BCUT2D eigenvalue weighted by Crippen LogP contribution is -2.48. The monoisotopic (exact) mass is 275 g/mol. The molecule has 1 fully saturated rings. The third kappa shape index (κ3) is 5.14. The van der Waals surface area contributed by atoms with Gasteiger partial charge < -0.3 is 20.4 Å². The molecule has 1 aliphatic rings. The number of aliphatic carboxylic acids is 2. The first-order chi connectivity index (χ1) is 8.91. The molecule has 0 spiro atoms. The number of hydrogen-bond acceptors (Lipinski definition) is 5. The number of rotatable bonds is 7. The first kappa shape index (κ1) is 15.9. The van der Waals surface area contributed by atoms with Gasteiger partial charge in [-0.05, 0) is 12.8 Å². The molecule has 110 valence electrons. The maximum Gasteiger partial charge on any atom is 0.333 e. The predicted molar refractivity (Wildman–Crippen MR) is 65.7 cm³/mol. The first-order valence-corrected chi connectivity index (χ1v) is 6.47. The van der Waals surface area contributed by atoms with Crippen LogP contribution in [-0.4, -0.2) is 68.6 Å². The number of aliphatic hydroxyl groups is 2. The van der Waals surface area contributed by atoms with E-state index < -0.39 is 24.1 Å². The van der Waals surface area contributed by atoms with Crippen LogP contribution in [0.1, 0.15) is 32.1 Å². The maximum atomic E-state index is 10.7. The minimum Gasteiger partial charge on any atom is -0.479 e. The highest BCUT2D eigenvalue weighted by Crippen LogP contribution is 2.23. The number of carboxylic acids is 2. The second-order valence-corrected chi connectivity index (χ2v) is 4.95. The van der Waals surface area contributed by atoms with Crippen molar-refractivity contribution in [3.8, 4) is 0 Å². The number of hydrogen-bond donors (Lipinski definition) is 4. The molecule has 1 saturated carbocycles. The van der Waals surface area contributed by atoms with Crippen LogP contribution in [0.3, 0.4) is 0 Å². The van der Waals surface area contributed by atoms with Crippen LogP contribution in [0.5, 0.6) is 0 Å². The quantitative estimate of drug-likeness (QED) is 0.495. The average molecular weight is 275 g/mol. The Hall–Kier alpha value is -1.18. The topological polar surface area (TPSA) is 118 Å². The summed E-state index contributed by atoms with van der Waals surface area (Å²) in [7, 11) is 0. The third-order valence-corrected chi connectivity index (χ3v) is 3.48. The molecule has 0 aliphatic heterocycles. The largest absolute Gasteiger partial charge is 0.479 e. The smallest absolute Gasteiger partial charge is 0.333 e. The molecule has 0 radical (unpaired) electrons. The van der Waals surface area contributed by atoms with E-state index in [2.05, 4.69) is 0 Å².